The van der Waals surface area contributed by atoms with E-state index in [9.17, 15) is 4.79 Å². The molecule has 1 aliphatic heterocycles. The van der Waals surface area contributed by atoms with Gasteiger partial charge in [-0.1, -0.05) is 30.3 Å². The van der Waals surface area contributed by atoms with Gasteiger partial charge in [0.25, 0.3) is 0 Å². The number of nitrogens with one attached hydrogen (secondary N) is 1. The summed E-state index contributed by atoms with van der Waals surface area (Å²) in [6.45, 7) is 4.08. The quantitative estimate of drug-likeness (QED) is 0.821. The highest BCUT2D eigenvalue weighted by Gasteiger charge is 2.22. The number of carbonyl (C=O) groups is 1. The van der Waals surface area contributed by atoms with E-state index in [2.05, 4.69) is 11.9 Å². The molecule has 90 valence electrons. The minimum absolute atomic E-state index is 0.0586. The Balaban J connectivity index is 2.33. The molecule has 4 heteroatoms. The zero-order chi connectivity index (χ0) is 12.3. The van der Waals surface area contributed by atoms with E-state index in [1.54, 1.807) is 6.07 Å². The molecule has 17 heavy (non-hydrogen) atoms. The molecular weight excluding hydrogens is 238 g/mol. The fourth-order valence-electron chi connectivity index (χ4n) is 1.95. The van der Waals surface area contributed by atoms with E-state index in [0.717, 1.165) is 18.4 Å². The van der Waals surface area contributed by atoms with Crippen molar-refractivity contribution in [2.24, 2.45) is 0 Å². The lowest BCUT2D eigenvalue weighted by Gasteiger charge is -2.17. The summed E-state index contributed by atoms with van der Waals surface area (Å²) < 4.78 is 5.62. The van der Waals surface area contributed by atoms with E-state index < -0.39 is 0 Å². The van der Waals surface area contributed by atoms with E-state index in [4.69, 9.17) is 16.3 Å². The number of fused-ring (bicyclic) bond motifs is 1. The second-order valence-corrected chi connectivity index (χ2v) is 4.32. The predicted molar refractivity (Wildman–Crippen MR) is 67.3 cm³/mol. The Kier molecular flexibility index (Phi) is 3.69. The third-order valence-corrected chi connectivity index (χ3v) is 3.06. The van der Waals surface area contributed by atoms with Crippen LogP contribution in [-0.4, -0.2) is 12.5 Å². The molecule has 1 aromatic rings. The molecule has 0 fully saturated rings. The lowest BCUT2D eigenvalue weighted by molar-refractivity contribution is -0.117. The molecule has 1 N–H and O–H groups in total. The van der Waals surface area contributed by atoms with E-state index in [0.29, 0.717) is 17.4 Å². The van der Waals surface area contributed by atoms with Gasteiger partial charge in [0.05, 0.1) is 17.7 Å². The van der Waals surface area contributed by atoms with Crippen molar-refractivity contribution in [1.82, 2.24) is 5.32 Å². The van der Waals surface area contributed by atoms with Crippen molar-refractivity contribution in [2.75, 3.05) is 6.61 Å². The number of benzene rings is 1. The first-order chi connectivity index (χ1) is 8.22. The summed E-state index contributed by atoms with van der Waals surface area (Å²) in [5, 5.41) is 3.48. The topological polar surface area (TPSA) is 38.3 Å². The first kappa shape index (κ1) is 12.0. The highest BCUT2D eigenvalue weighted by Crippen LogP contribution is 2.36. The number of carbonyl (C=O) groups excluding carboxylic acids is 1. The fourth-order valence-corrected chi connectivity index (χ4v) is 2.19. The van der Waals surface area contributed by atoms with E-state index >= 15 is 0 Å². The summed E-state index contributed by atoms with van der Waals surface area (Å²) in [7, 11) is 0. The molecule has 0 bridgehead atoms. The highest BCUT2D eigenvalue weighted by molar-refractivity contribution is 6.32. The predicted octanol–water partition coefficient (Wildman–Crippen LogP) is 2.86. The van der Waals surface area contributed by atoms with Gasteiger partial charge in [-0.05, 0) is 25.0 Å². The zero-order valence-electron chi connectivity index (χ0n) is 9.41. The number of amides is 1. The number of hydrogen-bond acceptors (Lipinski definition) is 2. The Morgan fingerprint density at radius 1 is 1.59 bits per heavy atom. The van der Waals surface area contributed by atoms with Gasteiger partial charge in [-0.25, -0.2) is 0 Å². The van der Waals surface area contributed by atoms with Crippen LogP contribution in [0.5, 0.6) is 5.75 Å². The van der Waals surface area contributed by atoms with Gasteiger partial charge in [0.2, 0.25) is 5.91 Å². The molecule has 1 heterocycles. The number of rotatable bonds is 2. The van der Waals surface area contributed by atoms with Crippen molar-refractivity contribution < 1.29 is 9.53 Å². The van der Waals surface area contributed by atoms with Crippen LogP contribution in [0.4, 0.5) is 0 Å². The Hall–Kier alpha value is -1.48. The summed E-state index contributed by atoms with van der Waals surface area (Å²) >= 11 is 6.09. The maximum atomic E-state index is 11.4. The van der Waals surface area contributed by atoms with E-state index in [1.807, 2.05) is 12.1 Å². The summed E-state index contributed by atoms with van der Waals surface area (Å²) in [6.07, 6.45) is 3.00. The minimum atomic E-state index is -0.178. The van der Waals surface area contributed by atoms with Crippen LogP contribution in [0.15, 0.2) is 30.9 Å². The largest absolute Gasteiger partial charge is 0.492 e. The molecule has 0 saturated carbocycles. The molecule has 3 nitrogen and oxygen atoms in total. The Labute approximate surface area is 105 Å². The molecule has 0 saturated heterocycles. The van der Waals surface area contributed by atoms with Crippen LogP contribution in [-0.2, 0) is 4.79 Å². The van der Waals surface area contributed by atoms with Crippen LogP contribution in [0.2, 0.25) is 5.02 Å². The van der Waals surface area contributed by atoms with Gasteiger partial charge >= 0.3 is 0 Å². The Morgan fingerprint density at radius 3 is 3.18 bits per heavy atom. The molecule has 1 atom stereocenters. The highest BCUT2D eigenvalue weighted by atomic mass is 35.5. The summed E-state index contributed by atoms with van der Waals surface area (Å²) in [5.41, 5.74) is 0.935. The van der Waals surface area contributed by atoms with Crippen LogP contribution in [0.3, 0.4) is 0 Å². The summed E-state index contributed by atoms with van der Waals surface area (Å²) in [6, 6.07) is 5.53. The molecule has 0 aliphatic carbocycles. The average Bonchev–Trinajstić information content (AvgIpc) is 2.53. The zero-order valence-corrected chi connectivity index (χ0v) is 10.2. The smallest absolute Gasteiger partial charge is 0.243 e. The molecule has 1 aromatic carbocycles. The summed E-state index contributed by atoms with van der Waals surface area (Å²) in [5.74, 6) is 0.504. The van der Waals surface area contributed by atoms with Crippen LogP contribution in [0, 0.1) is 0 Å². The van der Waals surface area contributed by atoms with Crippen molar-refractivity contribution in [3.8, 4) is 5.75 Å². The SMILES string of the molecule is C=CC(=O)NC1CCCOc2c(Cl)cccc21. The molecule has 0 aromatic heterocycles. The molecule has 0 radical (unpaired) electrons. The number of ether oxygens (including phenoxy) is 1. The maximum absolute atomic E-state index is 11.4. The number of para-hydroxylation sites is 1. The second kappa shape index (κ2) is 5.23. The van der Waals surface area contributed by atoms with Gasteiger partial charge in [0, 0.05) is 5.56 Å². The van der Waals surface area contributed by atoms with Gasteiger partial charge < -0.3 is 10.1 Å². The molecule has 1 aliphatic rings. The van der Waals surface area contributed by atoms with E-state index in [1.165, 1.54) is 6.08 Å². The minimum Gasteiger partial charge on any atom is -0.492 e. The van der Waals surface area contributed by atoms with Gasteiger partial charge in [0.15, 0.2) is 0 Å². The molecule has 1 unspecified atom stereocenters. The number of hydrogen-bond donors (Lipinski definition) is 1. The van der Waals surface area contributed by atoms with Crippen molar-refractivity contribution in [2.45, 2.75) is 18.9 Å². The van der Waals surface area contributed by atoms with Crippen molar-refractivity contribution >= 4 is 17.5 Å². The normalized spacial score (nSPS) is 18.5. The first-order valence-corrected chi connectivity index (χ1v) is 5.94. The van der Waals surface area contributed by atoms with Gasteiger partial charge in [0.1, 0.15) is 5.75 Å². The van der Waals surface area contributed by atoms with Gasteiger partial charge in [-0.3, -0.25) is 4.79 Å². The third kappa shape index (κ3) is 2.61. The Bertz CT molecular complexity index is 445. The van der Waals surface area contributed by atoms with E-state index in [-0.39, 0.29) is 11.9 Å². The average molecular weight is 252 g/mol. The molecular formula is C13H14ClNO2. The standard InChI is InChI=1S/C13H14ClNO2/c1-2-12(16)15-11-7-4-8-17-13-9(11)5-3-6-10(13)14/h2-3,5-6,11H,1,4,7-8H2,(H,15,16). The lowest BCUT2D eigenvalue weighted by Crippen LogP contribution is -2.26. The summed E-state index contributed by atoms with van der Waals surface area (Å²) in [4.78, 5) is 11.4. The van der Waals surface area contributed by atoms with Crippen LogP contribution < -0.4 is 10.1 Å². The fraction of sp³-hybridized carbons (Fsp3) is 0.308. The maximum Gasteiger partial charge on any atom is 0.243 e. The second-order valence-electron chi connectivity index (χ2n) is 3.91. The van der Waals surface area contributed by atoms with Crippen molar-refractivity contribution in [1.29, 1.82) is 0 Å². The monoisotopic (exact) mass is 251 g/mol. The Morgan fingerprint density at radius 2 is 2.41 bits per heavy atom. The van der Waals surface area contributed by atoms with Crippen molar-refractivity contribution in [3.63, 3.8) is 0 Å². The van der Waals surface area contributed by atoms with Gasteiger partial charge in [-0.15, -0.1) is 0 Å². The molecule has 0 spiro atoms. The van der Waals surface area contributed by atoms with Crippen LogP contribution >= 0.6 is 11.6 Å². The first-order valence-electron chi connectivity index (χ1n) is 5.56. The van der Waals surface area contributed by atoms with Crippen molar-refractivity contribution in [3.05, 3.63) is 41.4 Å². The third-order valence-electron chi connectivity index (χ3n) is 2.76. The lowest BCUT2D eigenvalue weighted by atomic mass is 10.0. The van der Waals surface area contributed by atoms with Gasteiger partial charge in [-0.2, -0.15) is 0 Å². The van der Waals surface area contributed by atoms with Crippen LogP contribution in [0.1, 0.15) is 24.4 Å². The molecule has 1 amide bonds. The molecule has 2 rings (SSSR count). The van der Waals surface area contributed by atoms with Crippen LogP contribution in [0.25, 0.3) is 0 Å². The number of halogens is 1.